The van der Waals surface area contributed by atoms with E-state index in [9.17, 15) is 5.11 Å². The molecule has 0 bridgehead atoms. The molecule has 82 heavy (non-hydrogen) atoms. The lowest BCUT2D eigenvalue weighted by molar-refractivity contribution is -0.354. The molecule has 432 valence electrons. The van der Waals surface area contributed by atoms with Crippen molar-refractivity contribution in [2.45, 2.75) is 144 Å². The van der Waals surface area contributed by atoms with Crippen LogP contribution in [0.3, 0.4) is 0 Å². The maximum atomic E-state index is 11.3. The summed E-state index contributed by atoms with van der Waals surface area (Å²) in [4.78, 5) is 0. The zero-order valence-corrected chi connectivity index (χ0v) is 46.1. The smallest absolute Gasteiger partial charge is 0.187 e. The number of hydrogen-bond acceptors (Lipinski definition) is 15. The topological polar surface area (TPSA) is 200 Å². The zero-order chi connectivity index (χ0) is 56.3. The standard InChI is InChI=1S/C67H77N3O12/c68-53-36-54(69)59(82-67-65(78-44-52-34-20-7-21-35-52)64(77-43-51-32-18-6-19-33-51)61(55(37-71)79-67)74-40-48-26-12-3-13-27-48)63(76-42-50-30-16-5-17-31-50)58(53)81-66-62(75-41-49-28-14-4-15-29-49)57(70)60(73-39-47-24-10-2-11-25-47)56(80-66)45-72-38-46-22-8-1-9-23-46/h1-35,53-67,71H,36-45,68-70H2/t53-,54+,55-,56-,57+,58+,59-,60-,61-,62-,63-,64+,65-,66-,67-/m1/s1. The summed E-state index contributed by atoms with van der Waals surface area (Å²) in [5, 5.41) is 11.3. The van der Waals surface area contributed by atoms with Crippen molar-refractivity contribution < 1.29 is 57.2 Å². The minimum atomic E-state index is -1.19. The second kappa shape index (κ2) is 30.5. The Bertz CT molecular complexity index is 2870. The highest BCUT2D eigenvalue weighted by Crippen LogP contribution is 2.37. The molecular weight excluding hydrogens is 1040 g/mol. The van der Waals surface area contributed by atoms with Crippen LogP contribution in [-0.4, -0.2) is 110 Å². The molecule has 0 unspecified atom stereocenters. The lowest BCUT2D eigenvalue weighted by atomic mass is 9.84. The normalized spacial score (nSPS) is 28.4. The Labute approximate surface area is 481 Å². The Kier molecular flexibility index (Phi) is 22.0. The van der Waals surface area contributed by atoms with Crippen LogP contribution < -0.4 is 17.2 Å². The fraction of sp³-hybridized carbons (Fsp3) is 0.373. The van der Waals surface area contributed by atoms with Gasteiger partial charge in [-0.3, -0.25) is 0 Å². The molecule has 0 amide bonds. The van der Waals surface area contributed by atoms with E-state index in [2.05, 4.69) is 0 Å². The average molecular weight is 1120 g/mol. The van der Waals surface area contributed by atoms with Crippen LogP contribution in [0.2, 0.25) is 0 Å². The molecule has 7 N–H and O–H groups in total. The molecule has 3 aliphatic rings. The van der Waals surface area contributed by atoms with Gasteiger partial charge in [-0.2, -0.15) is 0 Å². The fourth-order valence-electron chi connectivity index (χ4n) is 10.9. The van der Waals surface area contributed by atoms with Gasteiger partial charge in [-0.05, 0) is 45.4 Å². The fourth-order valence-corrected chi connectivity index (χ4v) is 10.9. The third-order valence-corrected chi connectivity index (χ3v) is 15.2. The molecule has 2 saturated heterocycles. The summed E-state index contributed by atoms with van der Waals surface area (Å²) in [6.45, 7) is 1.23. The van der Waals surface area contributed by atoms with Gasteiger partial charge < -0.3 is 74.4 Å². The Balaban J connectivity index is 0.985. The number of benzene rings is 7. The number of aliphatic hydroxyl groups is 1. The highest BCUT2D eigenvalue weighted by molar-refractivity contribution is 5.19. The minimum absolute atomic E-state index is 0.119. The molecular formula is C67H77N3O12. The molecule has 1 aliphatic carbocycles. The van der Waals surface area contributed by atoms with Crippen molar-refractivity contribution >= 4 is 0 Å². The van der Waals surface area contributed by atoms with Crippen molar-refractivity contribution in [1.29, 1.82) is 0 Å². The summed E-state index contributed by atoms with van der Waals surface area (Å²) in [5.74, 6) is 0. The zero-order valence-electron chi connectivity index (χ0n) is 46.1. The van der Waals surface area contributed by atoms with Crippen molar-refractivity contribution in [3.8, 4) is 0 Å². The molecule has 2 heterocycles. The van der Waals surface area contributed by atoms with Crippen LogP contribution in [0.15, 0.2) is 212 Å². The first-order chi connectivity index (χ1) is 40.4. The monoisotopic (exact) mass is 1120 g/mol. The maximum absolute atomic E-state index is 11.3. The summed E-state index contributed by atoms with van der Waals surface area (Å²) < 4.78 is 76.1. The predicted molar refractivity (Wildman–Crippen MR) is 309 cm³/mol. The van der Waals surface area contributed by atoms with E-state index in [1.807, 2.05) is 212 Å². The quantitative estimate of drug-likeness (QED) is 0.0383. The lowest BCUT2D eigenvalue weighted by Crippen LogP contribution is -2.69. The Hall–Kier alpha value is -6.06. The van der Waals surface area contributed by atoms with Crippen LogP contribution in [-0.2, 0) is 98.4 Å². The van der Waals surface area contributed by atoms with E-state index in [1.165, 1.54) is 0 Å². The molecule has 1 saturated carbocycles. The summed E-state index contributed by atoms with van der Waals surface area (Å²) in [6.07, 6.45) is -10.7. The van der Waals surface area contributed by atoms with Gasteiger partial charge in [0.15, 0.2) is 12.6 Å². The van der Waals surface area contributed by atoms with Crippen molar-refractivity contribution in [3.63, 3.8) is 0 Å². The average Bonchev–Trinajstić information content (AvgIpc) is 3.67. The third-order valence-electron chi connectivity index (χ3n) is 15.2. The van der Waals surface area contributed by atoms with Gasteiger partial charge in [0.2, 0.25) is 0 Å². The number of hydrogen-bond donors (Lipinski definition) is 4. The molecule has 7 aromatic rings. The van der Waals surface area contributed by atoms with Gasteiger partial charge in [0.05, 0.1) is 65.5 Å². The number of nitrogens with two attached hydrogens (primary N) is 3. The first-order valence-electron chi connectivity index (χ1n) is 28.4. The minimum Gasteiger partial charge on any atom is -0.394 e. The number of aliphatic hydroxyl groups excluding tert-OH is 1. The van der Waals surface area contributed by atoms with Crippen LogP contribution in [0.1, 0.15) is 45.4 Å². The molecule has 7 aromatic carbocycles. The highest BCUT2D eigenvalue weighted by Gasteiger charge is 2.55. The largest absolute Gasteiger partial charge is 0.394 e. The molecule has 2 aliphatic heterocycles. The molecule has 15 heteroatoms. The Morgan fingerprint density at radius 3 is 1.00 bits per heavy atom. The first-order valence-corrected chi connectivity index (χ1v) is 28.4. The summed E-state index contributed by atoms with van der Waals surface area (Å²) >= 11 is 0. The van der Waals surface area contributed by atoms with Crippen molar-refractivity contribution in [3.05, 3.63) is 251 Å². The summed E-state index contributed by atoms with van der Waals surface area (Å²) in [5.41, 5.74) is 28.5. The van der Waals surface area contributed by atoms with Gasteiger partial charge in [0.25, 0.3) is 0 Å². The predicted octanol–water partition coefficient (Wildman–Crippen LogP) is 8.31. The SMILES string of the molecule is N[C@@H]1[C@@H](OCc2ccccc2)[C@@H](O[C@@H]2[C@@H](OCc3ccccc3)[C@H](O[C@H]3O[C@H](CO)[C@@H](OCc4ccccc4)[C@H](OCc4ccccc4)[C@H]3OCc3ccccc3)[C@@H](N)C[C@H]2N)O[C@H](COCc2ccccc2)[C@H]1OCc1ccccc1. The molecule has 10 rings (SSSR count). The number of ether oxygens (including phenoxy) is 11. The second-order valence-electron chi connectivity index (χ2n) is 21.2. The van der Waals surface area contributed by atoms with E-state index < -0.39 is 98.4 Å². The van der Waals surface area contributed by atoms with Crippen molar-refractivity contribution in [2.24, 2.45) is 17.2 Å². The van der Waals surface area contributed by atoms with Crippen LogP contribution in [0, 0.1) is 0 Å². The number of rotatable bonds is 27. The van der Waals surface area contributed by atoms with Crippen LogP contribution in [0.5, 0.6) is 0 Å². The van der Waals surface area contributed by atoms with Gasteiger partial charge in [-0.25, -0.2) is 0 Å². The molecule has 3 fully saturated rings. The van der Waals surface area contributed by atoms with Gasteiger partial charge in [0.1, 0.15) is 61.0 Å². The third kappa shape index (κ3) is 16.2. The van der Waals surface area contributed by atoms with E-state index in [4.69, 9.17) is 69.3 Å². The molecule has 15 atom stereocenters. The summed E-state index contributed by atoms with van der Waals surface area (Å²) in [7, 11) is 0. The first kappa shape index (κ1) is 59.1. The van der Waals surface area contributed by atoms with Gasteiger partial charge in [-0.1, -0.05) is 212 Å². The van der Waals surface area contributed by atoms with Crippen LogP contribution in [0.4, 0.5) is 0 Å². The van der Waals surface area contributed by atoms with Gasteiger partial charge in [-0.15, -0.1) is 0 Å². The molecule has 0 aromatic heterocycles. The Morgan fingerprint density at radius 2 is 0.622 bits per heavy atom. The van der Waals surface area contributed by atoms with Crippen LogP contribution >= 0.6 is 0 Å². The van der Waals surface area contributed by atoms with Crippen LogP contribution in [0.25, 0.3) is 0 Å². The molecule has 15 nitrogen and oxygen atoms in total. The van der Waals surface area contributed by atoms with E-state index in [-0.39, 0.29) is 52.7 Å². The highest BCUT2D eigenvalue weighted by atomic mass is 16.7. The maximum Gasteiger partial charge on any atom is 0.187 e. The second-order valence-corrected chi connectivity index (χ2v) is 21.2. The Morgan fingerprint density at radius 1 is 0.329 bits per heavy atom. The van der Waals surface area contributed by atoms with Gasteiger partial charge in [0, 0.05) is 12.1 Å². The molecule has 0 spiro atoms. The van der Waals surface area contributed by atoms with Crippen molar-refractivity contribution in [2.75, 3.05) is 13.2 Å². The van der Waals surface area contributed by atoms with E-state index in [0.29, 0.717) is 6.61 Å². The molecule has 0 radical (unpaired) electrons. The van der Waals surface area contributed by atoms with Gasteiger partial charge >= 0.3 is 0 Å². The summed E-state index contributed by atoms with van der Waals surface area (Å²) in [6, 6.07) is 66.8. The van der Waals surface area contributed by atoms with E-state index in [0.717, 1.165) is 38.9 Å². The van der Waals surface area contributed by atoms with Crippen molar-refractivity contribution in [1.82, 2.24) is 0 Å². The lowest BCUT2D eigenvalue weighted by Gasteiger charge is -2.51. The van der Waals surface area contributed by atoms with E-state index >= 15 is 0 Å². The van der Waals surface area contributed by atoms with E-state index in [1.54, 1.807) is 0 Å².